The van der Waals surface area contributed by atoms with Gasteiger partial charge in [0, 0.05) is 36.5 Å². The molecule has 0 radical (unpaired) electrons. The van der Waals surface area contributed by atoms with E-state index in [0.717, 1.165) is 60.9 Å². The fourth-order valence-electron chi connectivity index (χ4n) is 6.12. The predicted octanol–water partition coefficient (Wildman–Crippen LogP) is 5.57. The fraction of sp³-hybridized carbons (Fsp3) is 0.393. The first-order valence-electron chi connectivity index (χ1n) is 12.4. The Bertz CT molecular complexity index is 1280. The number of carbonyl (C=O) groups excluding carboxylic acids is 1. The average Bonchev–Trinajstić information content (AvgIpc) is 3.39. The second kappa shape index (κ2) is 8.63. The minimum Gasteiger partial charge on any atom is -0.466 e. The number of nitrogens with zero attached hydrogens (tertiary/aromatic N) is 4. The molecular weight excluding hydrogens is 443 g/mol. The molecule has 1 aliphatic carbocycles. The molecular formula is C28H29FN4O2. The second-order valence-electron chi connectivity index (χ2n) is 10.0. The lowest BCUT2D eigenvalue weighted by Gasteiger charge is -2.39. The van der Waals surface area contributed by atoms with Crippen LogP contribution in [0.15, 0.2) is 66.8 Å². The number of rotatable bonds is 4. The van der Waals surface area contributed by atoms with Gasteiger partial charge in [0.2, 0.25) is 0 Å². The van der Waals surface area contributed by atoms with Crippen molar-refractivity contribution in [1.29, 1.82) is 0 Å². The first-order valence-corrected chi connectivity index (χ1v) is 12.4. The summed E-state index contributed by atoms with van der Waals surface area (Å²) in [6.07, 6.45) is 10.4. The molecule has 1 unspecified atom stereocenters. The van der Waals surface area contributed by atoms with Crippen LogP contribution in [0.2, 0.25) is 0 Å². The maximum atomic E-state index is 13.7. The monoisotopic (exact) mass is 472 g/mol. The molecule has 1 aromatic heterocycles. The average molecular weight is 473 g/mol. The summed E-state index contributed by atoms with van der Waals surface area (Å²) in [6.45, 7) is 3.25. The van der Waals surface area contributed by atoms with Crippen LogP contribution < -0.4 is 4.90 Å². The summed E-state index contributed by atoms with van der Waals surface area (Å²) in [5, 5.41) is 0. The van der Waals surface area contributed by atoms with E-state index in [2.05, 4.69) is 38.1 Å². The molecule has 6 rings (SSSR count). The Kier molecular flexibility index (Phi) is 5.43. The van der Waals surface area contributed by atoms with E-state index in [9.17, 15) is 9.18 Å². The van der Waals surface area contributed by atoms with Gasteiger partial charge in [-0.3, -0.25) is 14.8 Å². The summed E-state index contributed by atoms with van der Waals surface area (Å²) in [5.74, 6) is -0.260. The van der Waals surface area contributed by atoms with Crippen LogP contribution in [0.4, 0.5) is 10.1 Å². The molecule has 180 valence electrons. The molecule has 2 fully saturated rings. The number of hydrogen-bond acceptors (Lipinski definition) is 6. The van der Waals surface area contributed by atoms with Gasteiger partial charge in [0.1, 0.15) is 12.0 Å². The SMILES string of the molecule is CCOC(=O)C1CCC2(CC1)CC1=CN(c3ccc(F)cc3)C(c3ccc4nccnc4c3)N1C2. The number of allylic oxidation sites excluding steroid dienone is 1. The minimum atomic E-state index is -0.240. The summed E-state index contributed by atoms with van der Waals surface area (Å²) in [4.78, 5) is 26.0. The lowest BCUT2D eigenvalue weighted by atomic mass is 9.69. The van der Waals surface area contributed by atoms with Crippen LogP contribution in [0.5, 0.6) is 0 Å². The van der Waals surface area contributed by atoms with Crippen LogP contribution in [0.1, 0.15) is 50.8 Å². The van der Waals surface area contributed by atoms with Crippen molar-refractivity contribution < 1.29 is 13.9 Å². The Labute approximate surface area is 204 Å². The summed E-state index contributed by atoms with van der Waals surface area (Å²) < 4.78 is 19.0. The minimum absolute atomic E-state index is 0.0237. The van der Waals surface area contributed by atoms with Crippen molar-refractivity contribution in [2.24, 2.45) is 11.3 Å². The molecule has 3 heterocycles. The van der Waals surface area contributed by atoms with Crippen LogP contribution in [-0.4, -0.2) is 34.0 Å². The zero-order chi connectivity index (χ0) is 24.0. The molecule has 7 heteroatoms. The van der Waals surface area contributed by atoms with Crippen LogP contribution in [0.3, 0.4) is 0 Å². The maximum absolute atomic E-state index is 13.7. The van der Waals surface area contributed by atoms with Crippen LogP contribution in [0, 0.1) is 17.2 Å². The number of benzene rings is 2. The number of carbonyl (C=O) groups is 1. The Hall–Kier alpha value is -3.48. The predicted molar refractivity (Wildman–Crippen MR) is 132 cm³/mol. The van der Waals surface area contributed by atoms with E-state index in [1.807, 2.05) is 25.1 Å². The molecule has 0 N–H and O–H groups in total. The van der Waals surface area contributed by atoms with Crippen molar-refractivity contribution in [3.8, 4) is 0 Å². The molecule has 3 aliphatic rings. The van der Waals surface area contributed by atoms with E-state index < -0.39 is 0 Å². The molecule has 3 aromatic rings. The van der Waals surface area contributed by atoms with Crippen molar-refractivity contribution in [1.82, 2.24) is 14.9 Å². The Morgan fingerprint density at radius 3 is 2.57 bits per heavy atom. The van der Waals surface area contributed by atoms with Crippen LogP contribution in [0.25, 0.3) is 11.0 Å². The number of anilines is 1. The molecule has 2 aliphatic heterocycles. The summed E-state index contributed by atoms with van der Waals surface area (Å²) in [7, 11) is 0. The molecule has 35 heavy (non-hydrogen) atoms. The van der Waals surface area contributed by atoms with Gasteiger partial charge in [0.25, 0.3) is 0 Å². The van der Waals surface area contributed by atoms with E-state index in [0.29, 0.717) is 6.61 Å². The summed E-state index contributed by atoms with van der Waals surface area (Å²) in [6, 6.07) is 13.0. The normalized spacial score (nSPS) is 25.7. The lowest BCUT2D eigenvalue weighted by molar-refractivity contribution is -0.149. The van der Waals surface area contributed by atoms with Crippen molar-refractivity contribution in [2.45, 2.75) is 45.2 Å². The topological polar surface area (TPSA) is 58.6 Å². The Morgan fingerprint density at radius 1 is 1.09 bits per heavy atom. The van der Waals surface area contributed by atoms with E-state index >= 15 is 0 Å². The molecule has 0 bridgehead atoms. The van der Waals surface area contributed by atoms with Gasteiger partial charge in [-0.1, -0.05) is 6.07 Å². The van der Waals surface area contributed by atoms with Gasteiger partial charge >= 0.3 is 5.97 Å². The van der Waals surface area contributed by atoms with Crippen LogP contribution >= 0.6 is 0 Å². The summed E-state index contributed by atoms with van der Waals surface area (Å²) >= 11 is 0. The highest BCUT2D eigenvalue weighted by atomic mass is 19.1. The number of hydrogen-bond donors (Lipinski definition) is 0. The number of fused-ring (bicyclic) bond motifs is 2. The quantitative estimate of drug-likeness (QED) is 0.463. The molecule has 1 spiro atoms. The van der Waals surface area contributed by atoms with Gasteiger partial charge in [0.15, 0.2) is 0 Å². The van der Waals surface area contributed by atoms with Gasteiger partial charge in [-0.25, -0.2) is 4.39 Å². The van der Waals surface area contributed by atoms with Crippen molar-refractivity contribution in [2.75, 3.05) is 18.1 Å². The molecule has 6 nitrogen and oxygen atoms in total. The van der Waals surface area contributed by atoms with E-state index in [1.165, 1.54) is 17.8 Å². The van der Waals surface area contributed by atoms with Gasteiger partial charge < -0.3 is 14.5 Å². The third-order valence-corrected chi connectivity index (χ3v) is 7.86. The number of esters is 1. The highest BCUT2D eigenvalue weighted by molar-refractivity contribution is 5.75. The zero-order valence-electron chi connectivity index (χ0n) is 19.9. The van der Waals surface area contributed by atoms with Gasteiger partial charge in [-0.15, -0.1) is 0 Å². The van der Waals surface area contributed by atoms with E-state index in [4.69, 9.17) is 4.74 Å². The highest BCUT2D eigenvalue weighted by Gasteiger charge is 2.49. The standard InChI is InChI=1S/C28H29FN4O2/c1-2-35-27(34)19-9-11-28(12-10-19)16-23-17-32(22-6-4-21(29)5-7-22)26(33(23)18-28)20-3-8-24-25(15-20)31-14-13-30-24/h3-8,13-15,17,19,26H,2,9-12,16,18H2,1H3. The third kappa shape index (κ3) is 3.93. The molecule has 1 saturated heterocycles. The van der Waals surface area contributed by atoms with Crippen molar-refractivity contribution in [3.05, 3.63) is 78.1 Å². The molecule has 1 atom stereocenters. The van der Waals surface area contributed by atoms with Crippen LogP contribution in [-0.2, 0) is 9.53 Å². The van der Waals surface area contributed by atoms with Gasteiger partial charge in [-0.2, -0.15) is 0 Å². The lowest BCUT2D eigenvalue weighted by Crippen LogP contribution is -2.37. The highest BCUT2D eigenvalue weighted by Crippen LogP contribution is 2.54. The van der Waals surface area contributed by atoms with Gasteiger partial charge in [-0.05, 0) is 86.4 Å². The first-order chi connectivity index (χ1) is 17.0. The third-order valence-electron chi connectivity index (χ3n) is 7.86. The number of ether oxygens (including phenoxy) is 1. The first kappa shape index (κ1) is 22.0. The number of halogens is 1. The van der Waals surface area contributed by atoms with Crippen molar-refractivity contribution in [3.63, 3.8) is 0 Å². The smallest absolute Gasteiger partial charge is 0.308 e. The Balaban J connectivity index is 1.32. The fourth-order valence-corrected chi connectivity index (χ4v) is 6.12. The molecule has 0 amide bonds. The van der Waals surface area contributed by atoms with Crippen molar-refractivity contribution >= 4 is 22.7 Å². The maximum Gasteiger partial charge on any atom is 0.308 e. The molecule has 1 saturated carbocycles. The van der Waals surface area contributed by atoms with E-state index in [1.54, 1.807) is 12.4 Å². The summed E-state index contributed by atoms with van der Waals surface area (Å²) in [5.41, 5.74) is 5.29. The van der Waals surface area contributed by atoms with E-state index in [-0.39, 0.29) is 29.3 Å². The number of aromatic nitrogens is 2. The second-order valence-corrected chi connectivity index (χ2v) is 10.0. The molecule has 2 aromatic carbocycles. The zero-order valence-corrected chi connectivity index (χ0v) is 19.9. The van der Waals surface area contributed by atoms with Gasteiger partial charge in [0.05, 0.1) is 23.6 Å². The Morgan fingerprint density at radius 2 is 1.83 bits per heavy atom. The largest absolute Gasteiger partial charge is 0.466 e.